The first-order valence-electron chi connectivity index (χ1n) is 7.29. The predicted octanol–water partition coefficient (Wildman–Crippen LogP) is 1.68. The third kappa shape index (κ3) is 2.77. The fourth-order valence-corrected chi connectivity index (χ4v) is 2.96. The fourth-order valence-electron chi connectivity index (χ4n) is 2.96. The van der Waals surface area contributed by atoms with E-state index in [0.717, 1.165) is 18.4 Å². The topological polar surface area (TPSA) is 49.4 Å². The smallest absolute Gasteiger partial charge is 0.246 e. The van der Waals surface area contributed by atoms with Gasteiger partial charge in [0.25, 0.3) is 0 Å². The number of hydrogen-bond donors (Lipinski definition) is 1. The number of carbonyl (C=O) groups excluding carboxylic acids is 2. The molecule has 1 saturated carbocycles. The molecule has 3 rings (SSSR count). The average Bonchev–Trinajstić information content (AvgIpc) is 3.24. The van der Waals surface area contributed by atoms with Gasteiger partial charge in [0, 0.05) is 6.54 Å². The maximum Gasteiger partial charge on any atom is 0.246 e. The Labute approximate surface area is 123 Å². The Morgan fingerprint density at radius 1 is 1.24 bits per heavy atom. The maximum atomic E-state index is 13.7. The van der Waals surface area contributed by atoms with Crippen LogP contribution >= 0.6 is 0 Å². The van der Waals surface area contributed by atoms with Crippen molar-refractivity contribution in [1.29, 1.82) is 0 Å². The molecule has 1 aliphatic carbocycles. The Morgan fingerprint density at radius 2 is 1.86 bits per heavy atom. The van der Waals surface area contributed by atoms with E-state index in [4.69, 9.17) is 0 Å². The summed E-state index contributed by atoms with van der Waals surface area (Å²) in [6, 6.07) is 3.12. The van der Waals surface area contributed by atoms with Crippen molar-refractivity contribution in [3.8, 4) is 0 Å². The monoisotopic (exact) mass is 290 g/mol. The van der Waals surface area contributed by atoms with E-state index in [1.807, 2.05) is 0 Å². The molecule has 1 saturated heterocycles. The number of aryl methyl sites for hydroxylation is 2. The lowest BCUT2D eigenvalue weighted by Crippen LogP contribution is -2.58. The summed E-state index contributed by atoms with van der Waals surface area (Å²) in [6.07, 6.45) is 2.00. The van der Waals surface area contributed by atoms with E-state index in [0.29, 0.717) is 23.6 Å². The fraction of sp³-hybridized carbons (Fsp3) is 0.500. The van der Waals surface area contributed by atoms with E-state index in [-0.39, 0.29) is 30.2 Å². The molecule has 4 nitrogen and oxygen atoms in total. The number of rotatable bonds is 3. The number of benzene rings is 1. The van der Waals surface area contributed by atoms with Gasteiger partial charge in [-0.3, -0.25) is 9.59 Å². The Hall–Kier alpha value is -1.91. The molecule has 1 heterocycles. The van der Waals surface area contributed by atoms with Crippen molar-refractivity contribution >= 4 is 11.8 Å². The zero-order chi connectivity index (χ0) is 15.1. The molecule has 2 amide bonds. The lowest BCUT2D eigenvalue weighted by Gasteiger charge is -2.32. The highest BCUT2D eigenvalue weighted by molar-refractivity contribution is 5.95. The minimum atomic E-state index is -0.367. The molecule has 1 aliphatic heterocycles. The molecule has 1 aromatic rings. The van der Waals surface area contributed by atoms with E-state index in [1.165, 1.54) is 0 Å². The van der Waals surface area contributed by atoms with E-state index >= 15 is 0 Å². The first-order chi connectivity index (χ1) is 9.95. The second kappa shape index (κ2) is 5.13. The molecule has 2 aliphatic rings. The molecule has 1 atom stereocenters. The number of halogens is 1. The normalized spacial score (nSPS) is 22.4. The first-order valence-corrected chi connectivity index (χ1v) is 7.29. The van der Waals surface area contributed by atoms with E-state index in [1.54, 1.807) is 30.9 Å². The highest BCUT2D eigenvalue weighted by atomic mass is 19.1. The van der Waals surface area contributed by atoms with Gasteiger partial charge in [0.2, 0.25) is 11.8 Å². The van der Waals surface area contributed by atoms with Crippen molar-refractivity contribution in [2.75, 3.05) is 6.54 Å². The zero-order valence-electron chi connectivity index (χ0n) is 12.3. The number of nitrogens with one attached hydrogen (secondary N) is 1. The number of nitrogens with zero attached hydrogens (tertiary/aromatic N) is 1. The predicted molar refractivity (Wildman–Crippen MR) is 75.9 cm³/mol. The van der Waals surface area contributed by atoms with Crippen molar-refractivity contribution in [3.63, 3.8) is 0 Å². The van der Waals surface area contributed by atoms with Gasteiger partial charge in [-0.1, -0.05) is 12.1 Å². The summed E-state index contributed by atoms with van der Waals surface area (Å²) in [6.45, 7) is 3.86. The van der Waals surface area contributed by atoms with Crippen LogP contribution in [0.4, 0.5) is 4.39 Å². The maximum absolute atomic E-state index is 13.7. The van der Waals surface area contributed by atoms with E-state index in [2.05, 4.69) is 5.32 Å². The quantitative estimate of drug-likeness (QED) is 0.921. The van der Waals surface area contributed by atoms with Gasteiger partial charge in [-0.2, -0.15) is 0 Å². The van der Waals surface area contributed by atoms with Gasteiger partial charge in [-0.05, 0) is 49.3 Å². The summed E-state index contributed by atoms with van der Waals surface area (Å²) in [5.74, 6) is -0.0444. The molecule has 0 aromatic heterocycles. The molecular formula is C16H19FN2O2. The van der Waals surface area contributed by atoms with E-state index in [9.17, 15) is 14.0 Å². The van der Waals surface area contributed by atoms with Crippen molar-refractivity contribution in [2.24, 2.45) is 5.92 Å². The van der Waals surface area contributed by atoms with Gasteiger partial charge in [-0.15, -0.1) is 0 Å². The van der Waals surface area contributed by atoms with Crippen molar-refractivity contribution in [2.45, 2.75) is 39.3 Å². The first kappa shape index (κ1) is 14.0. The summed E-state index contributed by atoms with van der Waals surface area (Å²) in [5, 5.41) is 2.79. The summed E-state index contributed by atoms with van der Waals surface area (Å²) in [4.78, 5) is 25.8. The summed E-state index contributed by atoms with van der Waals surface area (Å²) in [5.41, 5.74) is 2.00. The largest absolute Gasteiger partial charge is 0.342 e. The standard InChI is InChI=1S/C16H19FN2O2/c1-9-5-11(6-10(2)14(9)17)7-19-8-13(20)18-15(16(19)21)12-3-4-12/h5-6,12,15H,3-4,7-8H2,1-2H3,(H,18,20). The van der Waals surface area contributed by atoms with Crippen molar-refractivity contribution in [1.82, 2.24) is 10.2 Å². The molecule has 1 unspecified atom stereocenters. The van der Waals surface area contributed by atoms with Crippen LogP contribution in [0.25, 0.3) is 0 Å². The molecule has 2 fully saturated rings. The van der Waals surface area contributed by atoms with Crippen LogP contribution in [0.15, 0.2) is 12.1 Å². The van der Waals surface area contributed by atoms with Gasteiger partial charge in [0.05, 0.1) is 6.54 Å². The van der Waals surface area contributed by atoms with Gasteiger partial charge < -0.3 is 10.2 Å². The van der Waals surface area contributed by atoms with Crippen LogP contribution in [0.2, 0.25) is 0 Å². The Bertz CT molecular complexity index is 587. The molecule has 112 valence electrons. The lowest BCUT2D eigenvalue weighted by atomic mass is 10.0. The second-order valence-corrected chi connectivity index (χ2v) is 6.12. The van der Waals surface area contributed by atoms with Crippen LogP contribution in [-0.4, -0.2) is 29.3 Å². The summed E-state index contributed by atoms with van der Waals surface area (Å²) < 4.78 is 13.7. The molecule has 1 aromatic carbocycles. The highest BCUT2D eigenvalue weighted by Crippen LogP contribution is 2.34. The third-order valence-corrected chi connectivity index (χ3v) is 4.19. The molecular weight excluding hydrogens is 271 g/mol. The highest BCUT2D eigenvalue weighted by Gasteiger charge is 2.42. The number of amides is 2. The summed E-state index contributed by atoms with van der Waals surface area (Å²) in [7, 11) is 0. The second-order valence-electron chi connectivity index (χ2n) is 6.12. The van der Waals surface area contributed by atoms with Gasteiger partial charge in [0.15, 0.2) is 0 Å². The number of carbonyl (C=O) groups is 2. The van der Waals surface area contributed by atoms with Crippen LogP contribution in [0.3, 0.4) is 0 Å². The molecule has 5 heteroatoms. The van der Waals surface area contributed by atoms with Crippen LogP contribution in [0.5, 0.6) is 0 Å². The Kier molecular flexibility index (Phi) is 3.43. The third-order valence-electron chi connectivity index (χ3n) is 4.19. The average molecular weight is 290 g/mol. The molecule has 0 radical (unpaired) electrons. The van der Waals surface area contributed by atoms with E-state index < -0.39 is 0 Å². The van der Waals surface area contributed by atoms with Crippen LogP contribution in [0, 0.1) is 25.6 Å². The molecule has 21 heavy (non-hydrogen) atoms. The van der Waals surface area contributed by atoms with Gasteiger partial charge in [0.1, 0.15) is 11.9 Å². The minimum absolute atomic E-state index is 0.0169. The van der Waals surface area contributed by atoms with Gasteiger partial charge in [-0.25, -0.2) is 4.39 Å². The molecule has 1 N–H and O–H groups in total. The SMILES string of the molecule is Cc1cc(CN2CC(=O)NC(C3CC3)C2=O)cc(C)c1F. The number of hydrogen-bond acceptors (Lipinski definition) is 2. The lowest BCUT2D eigenvalue weighted by molar-refractivity contribution is -0.145. The Morgan fingerprint density at radius 3 is 2.43 bits per heavy atom. The molecule has 0 bridgehead atoms. The van der Waals surface area contributed by atoms with Crippen molar-refractivity contribution in [3.05, 3.63) is 34.6 Å². The Balaban J connectivity index is 1.79. The van der Waals surface area contributed by atoms with Gasteiger partial charge >= 0.3 is 0 Å². The van der Waals surface area contributed by atoms with Crippen LogP contribution in [-0.2, 0) is 16.1 Å². The van der Waals surface area contributed by atoms with Crippen LogP contribution < -0.4 is 5.32 Å². The molecule has 0 spiro atoms. The van der Waals surface area contributed by atoms with Crippen LogP contribution in [0.1, 0.15) is 29.5 Å². The zero-order valence-corrected chi connectivity index (χ0v) is 12.3. The van der Waals surface area contributed by atoms with Crippen molar-refractivity contribution < 1.29 is 14.0 Å². The summed E-state index contributed by atoms with van der Waals surface area (Å²) >= 11 is 0. The minimum Gasteiger partial charge on any atom is -0.342 e. The number of piperazine rings is 1.